The SMILES string of the molecule is Cc1ccc(C=c2sc3nc(-c4nc5ccccc5s4)nn3c2=O)cc1. The summed E-state index contributed by atoms with van der Waals surface area (Å²) in [6, 6.07) is 16.0. The number of aromatic nitrogens is 4. The molecule has 3 heterocycles. The summed E-state index contributed by atoms with van der Waals surface area (Å²) in [4.78, 5) is 22.3. The molecular weight excluding hydrogens is 364 g/mol. The van der Waals surface area contributed by atoms with Crippen LogP contribution in [0.2, 0.25) is 0 Å². The number of hydrogen-bond acceptors (Lipinski definition) is 6. The van der Waals surface area contributed by atoms with E-state index in [0.717, 1.165) is 20.8 Å². The summed E-state index contributed by atoms with van der Waals surface area (Å²) < 4.78 is 3.07. The molecule has 0 aliphatic carbocycles. The number of benzene rings is 2. The molecule has 0 saturated heterocycles. The fourth-order valence-corrected chi connectivity index (χ4v) is 4.51. The molecule has 0 unspecified atom stereocenters. The number of aryl methyl sites for hydroxylation is 1. The Balaban J connectivity index is 1.61. The number of fused-ring (bicyclic) bond motifs is 2. The molecule has 0 bridgehead atoms. The lowest BCUT2D eigenvalue weighted by Crippen LogP contribution is -2.23. The first-order chi connectivity index (χ1) is 12.7. The van der Waals surface area contributed by atoms with E-state index in [4.69, 9.17) is 0 Å². The molecule has 3 aromatic heterocycles. The number of thiazole rings is 2. The second-order valence-corrected chi connectivity index (χ2v) is 7.98. The number of hydrogen-bond donors (Lipinski definition) is 0. The molecule has 0 radical (unpaired) electrons. The first kappa shape index (κ1) is 15.4. The van der Waals surface area contributed by atoms with Crippen LogP contribution in [0.1, 0.15) is 11.1 Å². The van der Waals surface area contributed by atoms with Gasteiger partial charge in [-0.25, -0.2) is 4.98 Å². The molecule has 0 aliphatic heterocycles. The van der Waals surface area contributed by atoms with Crippen LogP contribution in [0.15, 0.2) is 53.3 Å². The second kappa shape index (κ2) is 5.82. The van der Waals surface area contributed by atoms with Gasteiger partial charge < -0.3 is 0 Å². The Morgan fingerprint density at radius 2 is 1.81 bits per heavy atom. The third-order valence-corrected chi connectivity index (χ3v) is 6.03. The lowest BCUT2D eigenvalue weighted by Gasteiger charge is -1.92. The lowest BCUT2D eigenvalue weighted by atomic mass is 10.1. The van der Waals surface area contributed by atoms with Gasteiger partial charge in [-0.2, -0.15) is 9.50 Å². The van der Waals surface area contributed by atoms with Crippen LogP contribution in [0.3, 0.4) is 0 Å². The molecule has 5 rings (SSSR count). The highest BCUT2D eigenvalue weighted by atomic mass is 32.1. The van der Waals surface area contributed by atoms with Gasteiger partial charge in [-0.15, -0.1) is 16.4 Å². The Morgan fingerprint density at radius 1 is 1.00 bits per heavy atom. The second-order valence-electron chi connectivity index (χ2n) is 5.94. The van der Waals surface area contributed by atoms with Gasteiger partial charge in [0.25, 0.3) is 5.56 Å². The summed E-state index contributed by atoms with van der Waals surface area (Å²) in [7, 11) is 0. The maximum absolute atomic E-state index is 12.6. The third kappa shape index (κ3) is 2.53. The minimum atomic E-state index is -0.148. The van der Waals surface area contributed by atoms with Crippen LogP contribution in [0.5, 0.6) is 0 Å². The van der Waals surface area contributed by atoms with Crippen molar-refractivity contribution < 1.29 is 0 Å². The maximum Gasteiger partial charge on any atom is 0.291 e. The Morgan fingerprint density at radius 3 is 2.58 bits per heavy atom. The van der Waals surface area contributed by atoms with E-state index in [1.54, 1.807) is 0 Å². The Kier molecular flexibility index (Phi) is 3.44. The topological polar surface area (TPSA) is 60.1 Å². The van der Waals surface area contributed by atoms with Gasteiger partial charge in [0, 0.05) is 0 Å². The van der Waals surface area contributed by atoms with Crippen molar-refractivity contribution in [1.29, 1.82) is 0 Å². The summed E-state index contributed by atoms with van der Waals surface area (Å²) in [5, 5.41) is 5.11. The first-order valence-electron chi connectivity index (χ1n) is 8.01. The van der Waals surface area contributed by atoms with E-state index in [-0.39, 0.29) is 5.56 Å². The molecule has 0 aliphatic rings. The first-order valence-corrected chi connectivity index (χ1v) is 9.64. The molecule has 2 aromatic carbocycles. The van der Waals surface area contributed by atoms with Crippen LogP contribution < -0.4 is 10.1 Å². The van der Waals surface area contributed by atoms with Gasteiger partial charge in [0.05, 0.1) is 14.7 Å². The molecule has 7 heteroatoms. The van der Waals surface area contributed by atoms with Gasteiger partial charge in [0.1, 0.15) is 0 Å². The minimum Gasteiger partial charge on any atom is -0.266 e. The van der Waals surface area contributed by atoms with Crippen molar-refractivity contribution in [1.82, 2.24) is 19.6 Å². The quantitative estimate of drug-likeness (QED) is 0.474. The molecule has 0 N–H and O–H groups in total. The molecule has 0 atom stereocenters. The highest BCUT2D eigenvalue weighted by molar-refractivity contribution is 7.21. The average Bonchev–Trinajstić information content (AvgIpc) is 3.32. The van der Waals surface area contributed by atoms with E-state index in [1.165, 1.54) is 32.8 Å². The van der Waals surface area contributed by atoms with Crippen molar-refractivity contribution in [2.45, 2.75) is 6.92 Å². The van der Waals surface area contributed by atoms with Crippen LogP contribution in [-0.2, 0) is 0 Å². The van der Waals surface area contributed by atoms with E-state index < -0.39 is 0 Å². The Bertz CT molecular complexity index is 1330. The Labute approximate surface area is 155 Å². The molecule has 5 nitrogen and oxygen atoms in total. The summed E-state index contributed by atoms with van der Waals surface area (Å²) >= 11 is 2.87. The fourth-order valence-electron chi connectivity index (χ4n) is 2.71. The minimum absolute atomic E-state index is 0.148. The number of para-hydroxylation sites is 1. The number of rotatable bonds is 2. The van der Waals surface area contributed by atoms with Crippen molar-refractivity contribution in [2.75, 3.05) is 0 Å². The Hall–Kier alpha value is -2.90. The largest absolute Gasteiger partial charge is 0.291 e. The summed E-state index contributed by atoms with van der Waals surface area (Å²) in [6.45, 7) is 2.04. The molecular formula is C19H12N4OS2. The van der Waals surface area contributed by atoms with Gasteiger partial charge in [0.15, 0.2) is 5.01 Å². The lowest BCUT2D eigenvalue weighted by molar-refractivity contribution is 0.936. The van der Waals surface area contributed by atoms with Crippen LogP contribution in [0.4, 0.5) is 0 Å². The van der Waals surface area contributed by atoms with Crippen molar-refractivity contribution in [2.24, 2.45) is 0 Å². The standard InChI is InChI=1S/C19H12N4OS2/c1-11-6-8-12(9-7-11)10-15-18(24)23-19(26-15)21-16(22-23)17-20-13-4-2-3-5-14(13)25-17/h2-10H,1H3. The highest BCUT2D eigenvalue weighted by Crippen LogP contribution is 2.28. The molecule has 0 amide bonds. The van der Waals surface area contributed by atoms with Crippen LogP contribution in [-0.4, -0.2) is 19.6 Å². The zero-order chi connectivity index (χ0) is 17.7. The molecule has 26 heavy (non-hydrogen) atoms. The van der Waals surface area contributed by atoms with Gasteiger partial charge in [-0.3, -0.25) is 4.79 Å². The van der Waals surface area contributed by atoms with Gasteiger partial charge in [-0.05, 0) is 30.7 Å². The molecule has 0 spiro atoms. The summed E-state index contributed by atoms with van der Waals surface area (Å²) in [5.74, 6) is 0.497. The molecule has 126 valence electrons. The number of nitrogens with zero attached hydrogens (tertiary/aromatic N) is 4. The van der Waals surface area contributed by atoms with Crippen LogP contribution >= 0.6 is 22.7 Å². The molecule has 0 saturated carbocycles. The van der Waals surface area contributed by atoms with E-state index in [9.17, 15) is 4.79 Å². The predicted octanol–water partition coefficient (Wildman–Crippen LogP) is 3.28. The van der Waals surface area contributed by atoms with Crippen molar-refractivity contribution >= 4 is 43.9 Å². The van der Waals surface area contributed by atoms with E-state index in [2.05, 4.69) is 15.1 Å². The monoisotopic (exact) mass is 376 g/mol. The van der Waals surface area contributed by atoms with E-state index in [1.807, 2.05) is 61.5 Å². The van der Waals surface area contributed by atoms with Crippen molar-refractivity contribution in [3.63, 3.8) is 0 Å². The van der Waals surface area contributed by atoms with Gasteiger partial charge in [0.2, 0.25) is 10.8 Å². The smallest absolute Gasteiger partial charge is 0.266 e. The average molecular weight is 376 g/mol. The maximum atomic E-state index is 12.6. The normalized spacial score (nSPS) is 12.4. The fraction of sp³-hybridized carbons (Fsp3) is 0.0526. The highest BCUT2D eigenvalue weighted by Gasteiger charge is 2.15. The predicted molar refractivity (Wildman–Crippen MR) is 106 cm³/mol. The molecule has 0 fully saturated rings. The van der Waals surface area contributed by atoms with E-state index >= 15 is 0 Å². The zero-order valence-corrected chi connectivity index (χ0v) is 15.3. The van der Waals surface area contributed by atoms with Crippen molar-refractivity contribution in [3.05, 3.63) is 74.5 Å². The van der Waals surface area contributed by atoms with Crippen molar-refractivity contribution in [3.8, 4) is 10.8 Å². The van der Waals surface area contributed by atoms with Gasteiger partial charge >= 0.3 is 0 Å². The van der Waals surface area contributed by atoms with E-state index in [0.29, 0.717) is 15.3 Å². The van der Waals surface area contributed by atoms with Crippen LogP contribution in [0.25, 0.3) is 32.1 Å². The third-order valence-electron chi connectivity index (χ3n) is 4.04. The summed E-state index contributed by atoms with van der Waals surface area (Å²) in [5.41, 5.74) is 2.95. The zero-order valence-electron chi connectivity index (χ0n) is 13.7. The summed E-state index contributed by atoms with van der Waals surface area (Å²) in [6.07, 6.45) is 1.88. The van der Waals surface area contributed by atoms with Crippen LogP contribution in [0, 0.1) is 6.92 Å². The van der Waals surface area contributed by atoms with Gasteiger partial charge in [-0.1, -0.05) is 53.3 Å². The molecule has 5 aromatic rings.